The molecule has 0 bridgehead atoms. The first-order valence-electron chi connectivity index (χ1n) is 12.8. The van der Waals surface area contributed by atoms with Crippen molar-refractivity contribution in [3.8, 4) is 5.75 Å². The van der Waals surface area contributed by atoms with Gasteiger partial charge in [-0.2, -0.15) is 0 Å². The van der Waals surface area contributed by atoms with E-state index < -0.39 is 6.97 Å². The number of halogens is 2. The first-order chi connectivity index (χ1) is 17.2. The molecule has 36 heavy (non-hydrogen) atoms. The van der Waals surface area contributed by atoms with E-state index in [0.29, 0.717) is 29.4 Å². The third-order valence-electron chi connectivity index (χ3n) is 7.89. The standard InChI is InChI=1S/C30H33BF2N2O/c1-7-26-19(3)29-28(24-14-16-25(17-15-24)36-18-23-12-10-9-11-13-23)30-20(4)27(8-2)22(6)35(30)31(32,33)34(29)21(26)5/h9-17H,7-8,18H2,1-6H3. The second-order valence-corrected chi connectivity index (χ2v) is 9.78. The van der Waals surface area contributed by atoms with Crippen LogP contribution in [-0.2, 0) is 13.0 Å². The number of hydrogen-bond donors (Lipinski definition) is 0. The van der Waals surface area contributed by atoms with Crippen molar-refractivity contribution in [1.29, 1.82) is 0 Å². The highest BCUT2D eigenvalue weighted by Gasteiger charge is 2.56. The molecule has 3 nitrogen and oxygen atoms in total. The molecular weight excluding hydrogens is 453 g/mol. The van der Waals surface area contributed by atoms with Gasteiger partial charge in [0.1, 0.15) is 18.1 Å². The molecule has 0 atom stereocenters. The van der Waals surface area contributed by atoms with Crippen LogP contribution in [0, 0.1) is 13.8 Å². The van der Waals surface area contributed by atoms with Gasteiger partial charge in [0.2, 0.25) is 0 Å². The van der Waals surface area contributed by atoms with Crippen LogP contribution in [-0.4, -0.2) is 21.6 Å². The zero-order chi connectivity index (χ0) is 25.8. The molecule has 3 heterocycles. The number of rotatable bonds is 6. The van der Waals surface area contributed by atoms with Gasteiger partial charge in [-0.05, 0) is 73.7 Å². The molecule has 1 aromatic heterocycles. The van der Waals surface area contributed by atoms with E-state index in [0.717, 1.165) is 57.6 Å². The van der Waals surface area contributed by atoms with Crippen LogP contribution >= 0.6 is 0 Å². The summed E-state index contributed by atoms with van der Waals surface area (Å²) < 4.78 is 41.3. The number of ether oxygens (including phenoxy) is 1. The predicted molar refractivity (Wildman–Crippen MR) is 144 cm³/mol. The SMILES string of the molecule is CCC1=C(C)C2=C(c3ccc(OCc4ccccc4)cc3)c3c(C)c(CC)c(C)n3[B-](F)(F)[N+]2=C1C. The van der Waals surface area contributed by atoms with Crippen LogP contribution in [0.5, 0.6) is 5.75 Å². The minimum Gasteiger partial charge on any atom is -0.489 e. The molecule has 6 heteroatoms. The van der Waals surface area contributed by atoms with Gasteiger partial charge in [0.15, 0.2) is 5.70 Å². The van der Waals surface area contributed by atoms with Crippen molar-refractivity contribution in [1.82, 2.24) is 4.48 Å². The first-order valence-corrected chi connectivity index (χ1v) is 12.8. The summed E-state index contributed by atoms with van der Waals surface area (Å²) in [7, 11) is 0. The molecule has 2 aliphatic heterocycles. The Bertz CT molecular complexity index is 1440. The Hall–Kier alpha value is -3.41. The fourth-order valence-electron chi connectivity index (χ4n) is 6.21. The zero-order valence-electron chi connectivity index (χ0n) is 22.0. The van der Waals surface area contributed by atoms with Crippen LogP contribution < -0.4 is 4.74 Å². The van der Waals surface area contributed by atoms with Crippen molar-refractivity contribution in [3.63, 3.8) is 0 Å². The summed E-state index contributed by atoms with van der Waals surface area (Å²) in [5, 5.41) is 0. The summed E-state index contributed by atoms with van der Waals surface area (Å²) in [4.78, 5) is 0. The molecule has 3 aromatic rings. The van der Waals surface area contributed by atoms with E-state index in [1.165, 1.54) is 8.96 Å². The fourth-order valence-corrected chi connectivity index (χ4v) is 6.21. The second kappa shape index (κ2) is 8.92. The van der Waals surface area contributed by atoms with Crippen molar-refractivity contribution >= 4 is 18.3 Å². The van der Waals surface area contributed by atoms with Crippen molar-refractivity contribution in [2.75, 3.05) is 0 Å². The molecular formula is C30H33BF2N2O. The minimum absolute atomic E-state index is 0.480. The van der Waals surface area contributed by atoms with Gasteiger partial charge in [-0.15, -0.1) is 0 Å². The summed E-state index contributed by atoms with van der Waals surface area (Å²) in [5.41, 5.74) is 9.38. The maximum Gasteiger partial charge on any atom is 0.737 e. The summed E-state index contributed by atoms with van der Waals surface area (Å²) in [6.45, 7) is 8.19. The quantitative estimate of drug-likeness (QED) is 0.331. The number of nitrogens with zero attached hydrogens (tertiary/aromatic N) is 2. The lowest BCUT2D eigenvalue weighted by Gasteiger charge is -2.34. The average Bonchev–Trinajstić information content (AvgIpc) is 3.28. The predicted octanol–water partition coefficient (Wildman–Crippen LogP) is 7.46. The molecule has 0 saturated heterocycles. The lowest BCUT2D eigenvalue weighted by molar-refractivity contribution is -0.363. The van der Waals surface area contributed by atoms with Gasteiger partial charge in [0.05, 0.1) is 5.57 Å². The van der Waals surface area contributed by atoms with Crippen LogP contribution in [0.4, 0.5) is 8.63 Å². The number of hydrogen-bond acceptors (Lipinski definition) is 1. The molecule has 0 unspecified atom stereocenters. The van der Waals surface area contributed by atoms with E-state index in [-0.39, 0.29) is 0 Å². The number of aromatic nitrogens is 1. The molecule has 0 fully saturated rings. The maximum atomic E-state index is 16.3. The molecule has 0 N–H and O–H groups in total. The fraction of sp³-hybridized carbons (Fsp3) is 0.300. The Kier molecular flexibility index (Phi) is 6.02. The van der Waals surface area contributed by atoms with Crippen molar-refractivity contribution in [2.45, 2.75) is 61.0 Å². The molecule has 186 valence electrons. The summed E-state index contributed by atoms with van der Waals surface area (Å²) in [6.07, 6.45) is 1.44. The van der Waals surface area contributed by atoms with E-state index in [9.17, 15) is 0 Å². The highest BCUT2D eigenvalue weighted by Crippen LogP contribution is 2.47. The molecule has 0 spiro atoms. The topological polar surface area (TPSA) is 17.2 Å². The van der Waals surface area contributed by atoms with Gasteiger partial charge < -0.3 is 22.3 Å². The molecule has 0 saturated carbocycles. The molecule has 0 aliphatic carbocycles. The Labute approximate surface area is 212 Å². The van der Waals surface area contributed by atoms with E-state index in [1.807, 2.05) is 96.1 Å². The van der Waals surface area contributed by atoms with Crippen molar-refractivity contribution in [2.24, 2.45) is 0 Å². The third kappa shape index (κ3) is 3.49. The molecule has 0 amide bonds. The van der Waals surface area contributed by atoms with Crippen LogP contribution in [0.2, 0.25) is 0 Å². The summed E-state index contributed by atoms with van der Waals surface area (Å²) >= 11 is 0. The van der Waals surface area contributed by atoms with Crippen LogP contribution in [0.1, 0.15) is 67.8 Å². The van der Waals surface area contributed by atoms with E-state index in [2.05, 4.69) is 0 Å². The molecule has 2 aromatic carbocycles. The van der Waals surface area contributed by atoms with Gasteiger partial charge in [0, 0.05) is 23.8 Å². The second-order valence-electron chi connectivity index (χ2n) is 9.78. The minimum atomic E-state index is -4.01. The largest absolute Gasteiger partial charge is 0.737 e. The van der Waals surface area contributed by atoms with Gasteiger partial charge in [0.25, 0.3) is 0 Å². The van der Waals surface area contributed by atoms with Crippen molar-refractivity contribution < 1.29 is 17.9 Å². The maximum absolute atomic E-state index is 16.3. The highest BCUT2D eigenvalue weighted by molar-refractivity contribution is 6.58. The smallest absolute Gasteiger partial charge is 0.489 e. The number of benzene rings is 2. The van der Waals surface area contributed by atoms with E-state index in [1.54, 1.807) is 0 Å². The number of fused-ring (bicyclic) bond motifs is 2. The van der Waals surface area contributed by atoms with E-state index >= 15 is 8.63 Å². The first kappa shape index (κ1) is 24.3. The van der Waals surface area contributed by atoms with Crippen molar-refractivity contribution in [3.05, 3.63) is 105 Å². The Morgan fingerprint density at radius 3 is 2.17 bits per heavy atom. The van der Waals surface area contributed by atoms with Crippen LogP contribution in [0.25, 0.3) is 5.57 Å². The van der Waals surface area contributed by atoms with Gasteiger partial charge in [-0.25, -0.2) is 0 Å². The molecule has 5 rings (SSSR count). The molecule has 0 radical (unpaired) electrons. The Morgan fingerprint density at radius 2 is 1.56 bits per heavy atom. The van der Waals surface area contributed by atoms with E-state index in [4.69, 9.17) is 4.74 Å². The summed E-state index contributed by atoms with van der Waals surface area (Å²) in [5.74, 6) is 0.753. The Morgan fingerprint density at radius 1 is 0.889 bits per heavy atom. The normalized spacial score (nSPS) is 16.6. The van der Waals surface area contributed by atoms with Gasteiger partial charge >= 0.3 is 6.97 Å². The monoisotopic (exact) mass is 486 g/mol. The van der Waals surface area contributed by atoms with Crippen LogP contribution in [0.15, 0.2) is 71.4 Å². The lowest BCUT2D eigenvalue weighted by Crippen LogP contribution is -2.51. The lowest BCUT2D eigenvalue weighted by atomic mass is 9.83. The zero-order valence-corrected chi connectivity index (χ0v) is 22.0. The van der Waals surface area contributed by atoms with Gasteiger partial charge in [-0.1, -0.05) is 56.3 Å². The molecule has 2 aliphatic rings. The van der Waals surface area contributed by atoms with Crippen LogP contribution in [0.3, 0.4) is 0 Å². The summed E-state index contributed by atoms with van der Waals surface area (Å²) in [6, 6.07) is 17.9. The highest BCUT2D eigenvalue weighted by atomic mass is 19.2. The number of allylic oxidation sites excluding steroid dienone is 2. The Balaban J connectivity index is 1.68. The average molecular weight is 486 g/mol. The van der Waals surface area contributed by atoms with Gasteiger partial charge in [-0.3, -0.25) is 0 Å². The third-order valence-corrected chi connectivity index (χ3v) is 7.89.